The first kappa shape index (κ1) is 15.0. The van der Waals surface area contributed by atoms with Crippen molar-refractivity contribution in [2.75, 3.05) is 5.32 Å². The zero-order valence-electron chi connectivity index (χ0n) is 12.2. The summed E-state index contributed by atoms with van der Waals surface area (Å²) in [5, 5.41) is 13.8. The van der Waals surface area contributed by atoms with E-state index in [0.29, 0.717) is 0 Å². The van der Waals surface area contributed by atoms with Gasteiger partial charge in [0, 0.05) is 17.5 Å². The van der Waals surface area contributed by atoms with E-state index in [1.807, 2.05) is 42.5 Å². The van der Waals surface area contributed by atoms with E-state index in [2.05, 4.69) is 5.32 Å². The van der Waals surface area contributed by atoms with Gasteiger partial charge in [-0.05, 0) is 16.9 Å². The van der Waals surface area contributed by atoms with Gasteiger partial charge in [0.2, 0.25) is 5.91 Å². The van der Waals surface area contributed by atoms with Gasteiger partial charge in [0.15, 0.2) is 0 Å². The number of amides is 1. The lowest BCUT2D eigenvalue weighted by Crippen LogP contribution is -2.24. The molecule has 1 amide bonds. The van der Waals surface area contributed by atoms with Crippen LogP contribution >= 0.6 is 0 Å². The summed E-state index contributed by atoms with van der Waals surface area (Å²) in [4.78, 5) is 22.9. The molecule has 21 heavy (non-hydrogen) atoms. The molecule has 0 radical (unpaired) electrons. The Morgan fingerprint density at radius 1 is 1.05 bits per heavy atom. The van der Waals surface area contributed by atoms with Crippen LogP contribution in [-0.2, 0) is 9.59 Å². The quantitative estimate of drug-likeness (QED) is 0.880. The number of hydrogen-bond acceptors (Lipinski definition) is 2. The fraction of sp³-hybridized carbons (Fsp3) is 0.294. The average Bonchev–Trinajstić information content (AvgIpc) is 2.36. The molecule has 0 aliphatic carbocycles. The van der Waals surface area contributed by atoms with Gasteiger partial charge in [-0.2, -0.15) is 0 Å². The molecule has 2 aromatic carbocycles. The van der Waals surface area contributed by atoms with Crippen molar-refractivity contribution in [3.63, 3.8) is 0 Å². The predicted molar refractivity (Wildman–Crippen MR) is 83.2 cm³/mol. The highest BCUT2D eigenvalue weighted by Gasteiger charge is 2.25. The number of hydrogen-bond donors (Lipinski definition) is 2. The smallest absolute Gasteiger partial charge is 0.303 e. The van der Waals surface area contributed by atoms with Crippen molar-refractivity contribution in [2.24, 2.45) is 5.41 Å². The number of carboxylic acids is 1. The van der Waals surface area contributed by atoms with Crippen LogP contribution in [-0.4, -0.2) is 17.0 Å². The maximum Gasteiger partial charge on any atom is 0.303 e. The predicted octanol–water partition coefficient (Wildman–Crippen LogP) is 3.67. The van der Waals surface area contributed by atoms with Gasteiger partial charge < -0.3 is 10.4 Å². The molecule has 2 rings (SSSR count). The highest BCUT2D eigenvalue weighted by atomic mass is 16.4. The van der Waals surface area contributed by atoms with Gasteiger partial charge in [-0.15, -0.1) is 0 Å². The summed E-state index contributed by atoms with van der Waals surface area (Å²) >= 11 is 0. The SMILES string of the molecule is CC(C)(CC(=O)O)CC(=O)Nc1cccc2ccccc12. The van der Waals surface area contributed by atoms with Crippen molar-refractivity contribution in [3.8, 4) is 0 Å². The Bertz CT molecular complexity index is 671. The standard InChI is InChI=1S/C17H19NO3/c1-17(2,11-16(20)21)10-15(19)18-14-9-5-7-12-6-3-4-8-13(12)14/h3-9H,10-11H2,1-2H3,(H,18,19)(H,20,21). The second-order valence-electron chi connectivity index (χ2n) is 5.99. The summed E-state index contributed by atoms with van der Waals surface area (Å²) in [7, 11) is 0. The lowest BCUT2D eigenvalue weighted by molar-refractivity contribution is -0.139. The van der Waals surface area contributed by atoms with E-state index >= 15 is 0 Å². The van der Waals surface area contributed by atoms with Gasteiger partial charge in [-0.3, -0.25) is 9.59 Å². The van der Waals surface area contributed by atoms with E-state index in [-0.39, 0.29) is 18.7 Å². The molecule has 0 atom stereocenters. The number of nitrogens with one attached hydrogen (secondary N) is 1. The van der Waals surface area contributed by atoms with E-state index in [1.165, 1.54) is 0 Å². The molecule has 2 N–H and O–H groups in total. The Morgan fingerprint density at radius 2 is 1.71 bits per heavy atom. The molecule has 0 saturated heterocycles. The number of carbonyl (C=O) groups excluding carboxylic acids is 1. The van der Waals surface area contributed by atoms with Crippen LogP contribution in [0.15, 0.2) is 42.5 Å². The summed E-state index contributed by atoms with van der Waals surface area (Å²) in [5.74, 6) is -1.06. The number of anilines is 1. The average molecular weight is 285 g/mol. The Kier molecular flexibility index (Phi) is 4.26. The number of benzene rings is 2. The van der Waals surface area contributed by atoms with E-state index in [4.69, 9.17) is 5.11 Å². The van der Waals surface area contributed by atoms with Crippen LogP contribution in [0.25, 0.3) is 10.8 Å². The molecular formula is C17H19NO3. The Hall–Kier alpha value is -2.36. The van der Waals surface area contributed by atoms with Gasteiger partial charge >= 0.3 is 5.97 Å². The highest BCUT2D eigenvalue weighted by Crippen LogP contribution is 2.27. The van der Waals surface area contributed by atoms with Crippen LogP contribution in [0.4, 0.5) is 5.69 Å². The summed E-state index contributed by atoms with van der Waals surface area (Å²) in [6.45, 7) is 3.56. The van der Waals surface area contributed by atoms with Gasteiger partial charge in [0.05, 0.1) is 6.42 Å². The molecular weight excluding hydrogens is 266 g/mol. The highest BCUT2D eigenvalue weighted by molar-refractivity contribution is 6.02. The van der Waals surface area contributed by atoms with Crippen molar-refractivity contribution in [3.05, 3.63) is 42.5 Å². The van der Waals surface area contributed by atoms with Gasteiger partial charge in [0.25, 0.3) is 0 Å². The Balaban J connectivity index is 2.13. The minimum absolute atomic E-state index is 0.0318. The third kappa shape index (κ3) is 4.05. The zero-order valence-corrected chi connectivity index (χ0v) is 12.2. The molecule has 0 spiro atoms. The van der Waals surface area contributed by atoms with Crippen molar-refractivity contribution < 1.29 is 14.7 Å². The van der Waals surface area contributed by atoms with Gasteiger partial charge in [-0.1, -0.05) is 50.2 Å². The molecule has 0 heterocycles. The topological polar surface area (TPSA) is 66.4 Å². The summed E-state index contributed by atoms with van der Waals surface area (Å²) < 4.78 is 0. The summed E-state index contributed by atoms with van der Waals surface area (Å²) in [6, 6.07) is 13.5. The van der Waals surface area contributed by atoms with Crippen LogP contribution in [0.3, 0.4) is 0 Å². The fourth-order valence-corrected chi connectivity index (χ4v) is 2.44. The van der Waals surface area contributed by atoms with Gasteiger partial charge in [0.1, 0.15) is 0 Å². The van der Waals surface area contributed by atoms with Crippen molar-refractivity contribution in [1.29, 1.82) is 0 Å². The third-order valence-corrected chi connectivity index (χ3v) is 3.33. The van der Waals surface area contributed by atoms with E-state index < -0.39 is 11.4 Å². The minimum atomic E-state index is -0.891. The van der Waals surface area contributed by atoms with Crippen LogP contribution in [0.2, 0.25) is 0 Å². The molecule has 110 valence electrons. The molecule has 0 saturated carbocycles. The molecule has 0 aromatic heterocycles. The Morgan fingerprint density at radius 3 is 2.43 bits per heavy atom. The molecule has 0 bridgehead atoms. The van der Waals surface area contributed by atoms with Crippen LogP contribution in [0.1, 0.15) is 26.7 Å². The first-order chi connectivity index (χ1) is 9.87. The molecule has 0 unspecified atom stereocenters. The molecule has 0 fully saturated rings. The van der Waals surface area contributed by atoms with Crippen molar-refractivity contribution >= 4 is 28.3 Å². The maximum atomic E-state index is 12.1. The Labute approximate surface area is 123 Å². The number of aliphatic carboxylic acids is 1. The molecule has 2 aromatic rings. The van der Waals surface area contributed by atoms with E-state index in [1.54, 1.807) is 13.8 Å². The lowest BCUT2D eigenvalue weighted by Gasteiger charge is -2.21. The van der Waals surface area contributed by atoms with E-state index in [9.17, 15) is 9.59 Å². The van der Waals surface area contributed by atoms with Crippen LogP contribution in [0.5, 0.6) is 0 Å². The first-order valence-electron chi connectivity index (χ1n) is 6.87. The van der Waals surface area contributed by atoms with Crippen molar-refractivity contribution in [2.45, 2.75) is 26.7 Å². The minimum Gasteiger partial charge on any atom is -0.481 e. The van der Waals surface area contributed by atoms with E-state index in [0.717, 1.165) is 16.5 Å². The molecule has 0 aliphatic heterocycles. The normalized spacial score (nSPS) is 11.3. The number of fused-ring (bicyclic) bond motifs is 1. The zero-order chi connectivity index (χ0) is 15.5. The summed E-state index contributed by atoms with van der Waals surface area (Å²) in [5.41, 5.74) is 0.185. The fourth-order valence-electron chi connectivity index (χ4n) is 2.44. The first-order valence-corrected chi connectivity index (χ1v) is 6.87. The van der Waals surface area contributed by atoms with Crippen LogP contribution in [0, 0.1) is 5.41 Å². The number of rotatable bonds is 5. The number of carboxylic acid groups (broad SMARTS) is 1. The second kappa shape index (κ2) is 5.95. The van der Waals surface area contributed by atoms with Crippen LogP contribution < -0.4 is 5.32 Å². The largest absolute Gasteiger partial charge is 0.481 e. The molecule has 0 aliphatic rings. The third-order valence-electron chi connectivity index (χ3n) is 3.33. The lowest BCUT2D eigenvalue weighted by atomic mass is 9.85. The maximum absolute atomic E-state index is 12.1. The second-order valence-corrected chi connectivity index (χ2v) is 5.99. The monoisotopic (exact) mass is 285 g/mol. The summed E-state index contributed by atoms with van der Waals surface area (Å²) in [6.07, 6.45) is 0.137. The van der Waals surface area contributed by atoms with Gasteiger partial charge in [-0.25, -0.2) is 0 Å². The number of carbonyl (C=O) groups is 2. The molecule has 4 nitrogen and oxygen atoms in total. The van der Waals surface area contributed by atoms with Crippen molar-refractivity contribution in [1.82, 2.24) is 0 Å². The molecule has 4 heteroatoms.